The van der Waals surface area contributed by atoms with Crippen LogP contribution in [0.4, 0.5) is 5.69 Å². The van der Waals surface area contributed by atoms with Crippen LogP contribution in [0.2, 0.25) is 0 Å². The first-order valence-electron chi connectivity index (χ1n) is 19.7. The maximum atomic E-state index is 2.70. The minimum Gasteiger partial charge on any atom is -0.337 e. The van der Waals surface area contributed by atoms with E-state index >= 15 is 0 Å². The van der Waals surface area contributed by atoms with Gasteiger partial charge in [-0.15, -0.1) is 0 Å². The lowest BCUT2D eigenvalue weighted by Gasteiger charge is -2.38. The zero-order chi connectivity index (χ0) is 36.1. The van der Waals surface area contributed by atoms with Crippen molar-refractivity contribution in [3.8, 4) is 16.8 Å². The zero-order valence-corrected chi connectivity index (χ0v) is 30.5. The van der Waals surface area contributed by atoms with E-state index in [0.29, 0.717) is 0 Å². The molecule has 12 rings (SSSR count). The molecule has 0 fully saturated rings. The van der Waals surface area contributed by atoms with Crippen molar-refractivity contribution in [3.63, 3.8) is 0 Å². The molecule has 1 atom stereocenters. The van der Waals surface area contributed by atoms with Gasteiger partial charge in [-0.25, -0.2) is 0 Å². The Balaban J connectivity index is 1.10. The van der Waals surface area contributed by atoms with Gasteiger partial charge in [-0.1, -0.05) is 158 Å². The van der Waals surface area contributed by atoms with Crippen molar-refractivity contribution in [2.45, 2.75) is 30.7 Å². The summed E-state index contributed by atoms with van der Waals surface area (Å²) < 4.78 is 2.45. The average molecular weight is 703 g/mol. The van der Waals surface area contributed by atoms with Crippen molar-refractivity contribution < 1.29 is 0 Å². The zero-order valence-electron chi connectivity index (χ0n) is 30.5. The van der Waals surface area contributed by atoms with Crippen molar-refractivity contribution in [3.05, 3.63) is 220 Å². The first kappa shape index (κ1) is 30.8. The highest BCUT2D eigenvalue weighted by atomic mass is 15.2. The fourth-order valence-corrected chi connectivity index (χ4v) is 10.7. The summed E-state index contributed by atoms with van der Waals surface area (Å²) in [6.45, 7) is 0. The molecule has 1 spiro atoms. The number of hydrogen-bond donors (Lipinski definition) is 0. The highest BCUT2D eigenvalue weighted by molar-refractivity contribution is 6.10. The molecule has 0 saturated carbocycles. The van der Waals surface area contributed by atoms with Crippen LogP contribution in [0.15, 0.2) is 188 Å². The molecular weight excluding hydrogens is 665 g/mol. The molecule has 2 heteroatoms. The summed E-state index contributed by atoms with van der Waals surface area (Å²) in [7, 11) is 0. The van der Waals surface area contributed by atoms with Crippen LogP contribution in [-0.4, -0.2) is 10.6 Å². The molecule has 55 heavy (non-hydrogen) atoms. The van der Waals surface area contributed by atoms with Crippen LogP contribution in [-0.2, 0) is 5.41 Å². The maximum absolute atomic E-state index is 2.70. The molecule has 1 heterocycles. The van der Waals surface area contributed by atoms with Crippen molar-refractivity contribution in [2.75, 3.05) is 4.90 Å². The summed E-state index contributed by atoms with van der Waals surface area (Å²) in [6, 6.07) is 63.4. The molecule has 0 amide bonds. The molecule has 4 aliphatic rings. The molecule has 8 aromatic rings. The van der Waals surface area contributed by atoms with E-state index in [4.69, 9.17) is 0 Å². The second kappa shape index (κ2) is 11.7. The smallest absolute Gasteiger partial charge is 0.0722 e. The normalized spacial score (nSPS) is 17.2. The number of aromatic nitrogens is 1. The fraction of sp³-hybridized carbons (Fsp3) is 0.0943. The van der Waals surface area contributed by atoms with E-state index in [1.165, 1.54) is 93.8 Å². The van der Waals surface area contributed by atoms with E-state index in [0.717, 1.165) is 19.3 Å². The largest absolute Gasteiger partial charge is 0.337 e. The molecule has 7 aromatic carbocycles. The summed E-state index contributed by atoms with van der Waals surface area (Å²) in [4.78, 5) is 2.70. The van der Waals surface area contributed by atoms with Crippen LogP contribution >= 0.6 is 0 Å². The Hall–Kier alpha value is -6.64. The standard InChI is InChI=1S/C53H38N2/c1-2-17-36(18-3-1)55-51-27-13-9-23-43(51)44-31-29-38(34-52(44)55)54(50-28-14-16-35-15-4-5-19-39(35)50)37-30-32-49-45(33-37)42-22-8-12-26-48(42)53(49)46-24-10-6-20-40(46)41-21-7-11-25-47(41)53/h1-13,15-27,29,31-34,37H,14,28,30H2. The van der Waals surface area contributed by atoms with Crippen LogP contribution in [0.5, 0.6) is 0 Å². The Bertz CT molecular complexity index is 3040. The molecular formula is C53H38N2. The van der Waals surface area contributed by atoms with Crippen LogP contribution in [0.1, 0.15) is 41.5 Å². The minimum absolute atomic E-state index is 0.127. The summed E-state index contributed by atoms with van der Waals surface area (Å²) in [5, 5.41) is 5.23. The second-order valence-corrected chi connectivity index (χ2v) is 15.4. The van der Waals surface area contributed by atoms with Crippen molar-refractivity contribution >= 4 is 44.8 Å². The second-order valence-electron chi connectivity index (χ2n) is 15.4. The van der Waals surface area contributed by atoms with Gasteiger partial charge in [0.05, 0.1) is 22.5 Å². The number of allylic oxidation sites excluding steroid dienone is 2. The molecule has 1 unspecified atom stereocenters. The van der Waals surface area contributed by atoms with Crippen molar-refractivity contribution in [2.24, 2.45) is 0 Å². The van der Waals surface area contributed by atoms with Gasteiger partial charge in [0, 0.05) is 33.1 Å². The molecule has 2 nitrogen and oxygen atoms in total. The van der Waals surface area contributed by atoms with Gasteiger partial charge in [0.15, 0.2) is 0 Å². The van der Waals surface area contributed by atoms with Gasteiger partial charge in [0.2, 0.25) is 0 Å². The van der Waals surface area contributed by atoms with E-state index < -0.39 is 0 Å². The molecule has 0 bridgehead atoms. The Labute approximate surface area is 320 Å². The molecule has 0 aliphatic heterocycles. The average Bonchev–Trinajstić information content (AvgIpc) is 3.86. The maximum Gasteiger partial charge on any atom is 0.0722 e. The molecule has 0 N–H and O–H groups in total. The third-order valence-corrected chi connectivity index (χ3v) is 12.8. The molecule has 0 radical (unpaired) electrons. The third-order valence-electron chi connectivity index (χ3n) is 12.8. The van der Waals surface area contributed by atoms with Crippen LogP contribution in [0, 0.1) is 0 Å². The number of nitrogens with zero attached hydrogens (tertiary/aromatic N) is 2. The minimum atomic E-state index is -0.319. The number of hydrogen-bond acceptors (Lipinski definition) is 1. The number of anilines is 1. The van der Waals surface area contributed by atoms with Gasteiger partial charge in [-0.2, -0.15) is 0 Å². The lowest BCUT2D eigenvalue weighted by Crippen LogP contribution is -2.41. The lowest BCUT2D eigenvalue weighted by molar-refractivity contribution is 0.737. The predicted octanol–water partition coefficient (Wildman–Crippen LogP) is 11.1. The van der Waals surface area contributed by atoms with Gasteiger partial charge < -0.3 is 9.47 Å². The van der Waals surface area contributed by atoms with Crippen LogP contribution in [0.3, 0.4) is 0 Å². The van der Waals surface area contributed by atoms with Gasteiger partial charge in [0.25, 0.3) is 0 Å². The summed E-state index contributed by atoms with van der Waals surface area (Å²) in [5.41, 5.74) is 17.0. The Morgan fingerprint density at radius 1 is 0.545 bits per heavy atom. The van der Waals surface area contributed by atoms with Gasteiger partial charge in [-0.3, -0.25) is 0 Å². The van der Waals surface area contributed by atoms with E-state index in [9.17, 15) is 0 Å². The number of fused-ring (bicyclic) bond motifs is 14. The fourth-order valence-electron chi connectivity index (χ4n) is 10.7. The summed E-state index contributed by atoms with van der Waals surface area (Å²) >= 11 is 0. The Morgan fingerprint density at radius 3 is 1.98 bits per heavy atom. The van der Waals surface area contributed by atoms with Crippen molar-refractivity contribution in [1.82, 2.24) is 4.57 Å². The first-order valence-corrected chi connectivity index (χ1v) is 19.7. The number of para-hydroxylation sites is 2. The molecule has 260 valence electrons. The van der Waals surface area contributed by atoms with E-state index in [1.54, 1.807) is 0 Å². The number of benzene rings is 7. The quantitative estimate of drug-likeness (QED) is 0.177. The SMILES string of the molecule is C1=C2C(=CCC1N(C1=c3ccccc3=CCC1)c1ccc3c4ccccc4n(-c4ccccc4)c3c1)C1(c3ccccc32)c2ccccc2-c2ccccc21. The van der Waals surface area contributed by atoms with Crippen LogP contribution < -0.4 is 15.3 Å². The van der Waals surface area contributed by atoms with Gasteiger partial charge in [0.1, 0.15) is 0 Å². The van der Waals surface area contributed by atoms with Crippen molar-refractivity contribution in [1.29, 1.82) is 0 Å². The van der Waals surface area contributed by atoms with E-state index in [2.05, 4.69) is 198 Å². The Morgan fingerprint density at radius 2 is 1.18 bits per heavy atom. The number of rotatable bonds is 4. The Kier molecular flexibility index (Phi) is 6.54. The first-order chi connectivity index (χ1) is 27.3. The molecule has 1 aromatic heterocycles. The lowest BCUT2D eigenvalue weighted by atomic mass is 9.69. The third kappa shape index (κ3) is 4.20. The summed E-state index contributed by atoms with van der Waals surface area (Å²) in [5.74, 6) is 0. The topological polar surface area (TPSA) is 8.17 Å². The summed E-state index contributed by atoms with van der Waals surface area (Å²) in [6.07, 6.45) is 10.6. The van der Waals surface area contributed by atoms with Gasteiger partial charge >= 0.3 is 0 Å². The monoisotopic (exact) mass is 702 g/mol. The van der Waals surface area contributed by atoms with Crippen LogP contribution in [0.25, 0.3) is 56.0 Å². The highest BCUT2D eigenvalue weighted by Crippen LogP contribution is 2.64. The van der Waals surface area contributed by atoms with E-state index in [1.807, 2.05) is 0 Å². The van der Waals surface area contributed by atoms with E-state index in [-0.39, 0.29) is 11.5 Å². The predicted molar refractivity (Wildman–Crippen MR) is 229 cm³/mol. The molecule has 0 saturated heterocycles. The molecule has 4 aliphatic carbocycles. The van der Waals surface area contributed by atoms with Gasteiger partial charge in [-0.05, 0) is 99.3 Å². The highest BCUT2D eigenvalue weighted by Gasteiger charge is 2.53.